The van der Waals surface area contributed by atoms with Gasteiger partial charge in [-0.25, -0.2) is 0 Å². The second kappa shape index (κ2) is 15.1. The molecule has 2 unspecified atom stereocenters. The second-order valence-electron chi connectivity index (χ2n) is 23.4. The largest absolute Gasteiger partial charge is 0.501 e. The van der Waals surface area contributed by atoms with Gasteiger partial charge in [0.25, 0.3) is 6.71 Å². The Morgan fingerprint density at radius 3 is 1.75 bits per heavy atom. The van der Waals surface area contributed by atoms with Gasteiger partial charge in [0.1, 0.15) is 6.10 Å². The Balaban J connectivity index is 1.20. The van der Waals surface area contributed by atoms with Crippen molar-refractivity contribution in [3.63, 3.8) is 0 Å². The zero-order valence-corrected chi connectivity index (χ0v) is 40.7. The molecule has 2 bridgehead atoms. The van der Waals surface area contributed by atoms with Gasteiger partial charge in [0.05, 0.1) is 17.0 Å². The van der Waals surface area contributed by atoms with Gasteiger partial charge in [-0.1, -0.05) is 177 Å². The van der Waals surface area contributed by atoms with E-state index in [2.05, 4.69) is 229 Å². The maximum absolute atomic E-state index is 7.92. The summed E-state index contributed by atoms with van der Waals surface area (Å²) in [5.74, 6) is 0.261. The fraction of sp³-hybridized carbons (Fsp3) is 0.302. The Bertz CT molecular complexity index is 3090. The smallest absolute Gasteiger partial charge is 0.295 e. The van der Waals surface area contributed by atoms with Crippen molar-refractivity contribution >= 4 is 46.1 Å². The molecule has 67 heavy (non-hydrogen) atoms. The normalized spacial score (nSPS) is 22.5. The zero-order chi connectivity index (χ0) is 46.0. The first kappa shape index (κ1) is 42.1. The monoisotopic (exact) mass is 875 g/mol. The third-order valence-electron chi connectivity index (χ3n) is 16.4. The summed E-state index contributed by atoms with van der Waals surface area (Å²) in [4.78, 5) is 5.36. The first-order chi connectivity index (χ1) is 32.2. The van der Waals surface area contributed by atoms with Crippen LogP contribution >= 0.6 is 0 Å². The van der Waals surface area contributed by atoms with Crippen molar-refractivity contribution in [1.29, 1.82) is 0 Å². The summed E-state index contributed by atoms with van der Waals surface area (Å²) in [7, 11) is 0. The SMILES string of the molecule is CC(C)(C)Cc1cc2c3c(c1)N(c1cccc(-c4ccccc4)c1)c1cc(-c4ccccc4)ccc1B3C1=C(C3C(O1)C1(C)CCC3(C)CC1)N2c1ccc(C(C)(C)C)cc1-c1ccccc1. The Hall–Kier alpha value is -6.26. The van der Waals surface area contributed by atoms with E-state index < -0.39 is 0 Å². The van der Waals surface area contributed by atoms with Crippen molar-refractivity contribution in [1.82, 2.24) is 0 Å². The van der Waals surface area contributed by atoms with E-state index in [9.17, 15) is 0 Å². The molecule has 3 aliphatic carbocycles. The first-order valence-electron chi connectivity index (χ1n) is 24.9. The minimum absolute atomic E-state index is 0.0193. The molecule has 2 atom stereocenters. The first-order valence-corrected chi connectivity index (χ1v) is 24.9. The van der Waals surface area contributed by atoms with Crippen LogP contribution in [0.2, 0.25) is 0 Å². The molecular weight excluding hydrogens is 812 g/mol. The van der Waals surface area contributed by atoms with Crippen LogP contribution in [0.25, 0.3) is 33.4 Å². The molecule has 3 aliphatic heterocycles. The van der Waals surface area contributed by atoms with Crippen LogP contribution in [-0.4, -0.2) is 12.8 Å². The molecule has 334 valence electrons. The number of benzene rings is 7. The number of rotatable bonds is 6. The summed E-state index contributed by atoms with van der Waals surface area (Å²) in [5.41, 5.74) is 21.7. The average Bonchev–Trinajstić information content (AvgIpc) is 3.75. The van der Waals surface area contributed by atoms with Crippen LogP contribution < -0.4 is 20.7 Å². The minimum atomic E-state index is -0.0699. The summed E-state index contributed by atoms with van der Waals surface area (Å²) in [5, 5.41) is 0. The zero-order valence-electron chi connectivity index (χ0n) is 40.7. The molecule has 3 fully saturated rings. The number of anilines is 5. The molecule has 13 rings (SSSR count). The lowest BCUT2D eigenvalue weighted by Crippen LogP contribution is -2.57. The van der Waals surface area contributed by atoms with Crippen molar-refractivity contribution in [2.75, 3.05) is 9.80 Å². The lowest BCUT2D eigenvalue weighted by molar-refractivity contribution is -0.127. The molecule has 3 heterocycles. The van der Waals surface area contributed by atoms with Gasteiger partial charge in [-0.05, 0) is 141 Å². The molecule has 0 saturated heterocycles. The number of hydrogen-bond donors (Lipinski definition) is 0. The van der Waals surface area contributed by atoms with Crippen LogP contribution in [0.3, 0.4) is 0 Å². The van der Waals surface area contributed by atoms with Gasteiger partial charge in [0.15, 0.2) is 0 Å². The molecule has 0 N–H and O–H groups in total. The summed E-state index contributed by atoms with van der Waals surface area (Å²) in [6.45, 7) is 19.2. The highest BCUT2D eigenvalue weighted by Gasteiger charge is 2.65. The van der Waals surface area contributed by atoms with Crippen LogP contribution in [0.1, 0.15) is 92.2 Å². The molecule has 3 saturated carbocycles. The predicted molar refractivity (Wildman–Crippen MR) is 283 cm³/mol. The Morgan fingerprint density at radius 1 is 0.537 bits per heavy atom. The summed E-state index contributed by atoms with van der Waals surface area (Å²) in [6.07, 6.45) is 5.93. The number of nitrogens with zero attached hydrogens (tertiary/aromatic N) is 2. The van der Waals surface area contributed by atoms with E-state index >= 15 is 0 Å². The molecule has 0 spiro atoms. The highest BCUT2D eigenvalue weighted by atomic mass is 16.5. The van der Waals surface area contributed by atoms with E-state index in [1.807, 2.05) is 0 Å². The quantitative estimate of drug-likeness (QED) is 0.155. The third kappa shape index (κ3) is 6.83. The van der Waals surface area contributed by atoms with Crippen LogP contribution in [0, 0.1) is 22.2 Å². The maximum atomic E-state index is 7.92. The van der Waals surface area contributed by atoms with E-state index in [1.54, 1.807) is 0 Å². The Morgan fingerprint density at radius 2 is 1.12 bits per heavy atom. The molecule has 6 aliphatic rings. The number of ether oxygens (including phenoxy) is 1. The van der Waals surface area contributed by atoms with Crippen LogP contribution in [0.4, 0.5) is 28.4 Å². The minimum Gasteiger partial charge on any atom is -0.501 e. The molecule has 7 aromatic rings. The van der Waals surface area contributed by atoms with Gasteiger partial charge in [0.2, 0.25) is 0 Å². The van der Waals surface area contributed by atoms with Crippen molar-refractivity contribution in [3.05, 3.63) is 186 Å². The van der Waals surface area contributed by atoms with E-state index in [1.165, 1.54) is 115 Å². The van der Waals surface area contributed by atoms with Crippen molar-refractivity contribution in [3.8, 4) is 33.4 Å². The van der Waals surface area contributed by atoms with Gasteiger partial charge in [-0.2, -0.15) is 0 Å². The fourth-order valence-corrected chi connectivity index (χ4v) is 12.8. The van der Waals surface area contributed by atoms with Crippen molar-refractivity contribution in [2.45, 2.75) is 99.0 Å². The molecule has 0 amide bonds. The lowest BCUT2D eigenvalue weighted by Gasteiger charge is -2.58. The molecule has 7 aromatic carbocycles. The van der Waals surface area contributed by atoms with Gasteiger partial charge in [0, 0.05) is 39.6 Å². The molecule has 3 nitrogen and oxygen atoms in total. The maximum Gasteiger partial charge on any atom is 0.295 e. The molecule has 0 aromatic heterocycles. The van der Waals surface area contributed by atoms with Crippen LogP contribution in [-0.2, 0) is 16.6 Å². The van der Waals surface area contributed by atoms with E-state index in [4.69, 9.17) is 4.74 Å². The summed E-state index contributed by atoms with van der Waals surface area (Å²) < 4.78 is 7.92. The standard InChI is InChI=1S/C63H63BN2O/c1-60(2,3)40-41-35-53-56-54(36-41)66(51-30-28-47(61(4,5)6)39-49(51)44-23-16-11-17-24-44)57-55-58(63(8)33-31-62(55,7)32-34-63)67-59(57)64(56)50-29-27-46(43-21-14-10-15-22-43)38-52(50)65(53)48-26-18-25-45(37-48)42-19-12-9-13-20-42/h9-30,35-39,55,58H,31-34,40H2,1-8H3. The van der Waals surface area contributed by atoms with E-state index in [0.29, 0.717) is 0 Å². The average molecular weight is 875 g/mol. The number of hydrogen-bond acceptors (Lipinski definition) is 3. The molecule has 4 heteroatoms. The Labute approximate surface area is 399 Å². The second-order valence-corrected chi connectivity index (χ2v) is 23.4. The highest BCUT2D eigenvalue weighted by molar-refractivity contribution is 6.94. The third-order valence-corrected chi connectivity index (χ3v) is 16.4. The van der Waals surface area contributed by atoms with E-state index in [-0.39, 0.29) is 40.4 Å². The van der Waals surface area contributed by atoms with Crippen LogP contribution in [0.15, 0.2) is 175 Å². The Kier molecular flexibility index (Phi) is 9.51. The lowest BCUT2D eigenvalue weighted by atomic mass is 9.35. The summed E-state index contributed by atoms with van der Waals surface area (Å²) >= 11 is 0. The highest BCUT2D eigenvalue weighted by Crippen LogP contribution is 2.67. The van der Waals surface area contributed by atoms with Crippen molar-refractivity contribution in [2.24, 2.45) is 22.2 Å². The fourth-order valence-electron chi connectivity index (χ4n) is 12.8. The molecule has 0 radical (unpaired) electrons. The van der Waals surface area contributed by atoms with Gasteiger partial charge in [-0.3, -0.25) is 0 Å². The van der Waals surface area contributed by atoms with Gasteiger partial charge in [-0.15, -0.1) is 0 Å². The topological polar surface area (TPSA) is 15.7 Å². The van der Waals surface area contributed by atoms with Crippen molar-refractivity contribution < 1.29 is 4.74 Å². The molecular formula is C63H63BN2O. The van der Waals surface area contributed by atoms with Gasteiger partial charge < -0.3 is 14.5 Å². The predicted octanol–water partition coefficient (Wildman–Crippen LogP) is 15.5. The van der Waals surface area contributed by atoms with E-state index in [0.717, 1.165) is 12.1 Å². The van der Waals surface area contributed by atoms with Crippen LogP contribution in [0.5, 0.6) is 0 Å². The summed E-state index contributed by atoms with van der Waals surface area (Å²) in [6, 6.07) is 61.9. The van der Waals surface area contributed by atoms with Gasteiger partial charge >= 0.3 is 0 Å². The number of fused-ring (bicyclic) bond motifs is 5.